The van der Waals surface area contributed by atoms with Crippen molar-refractivity contribution < 1.29 is 9.53 Å². The van der Waals surface area contributed by atoms with Gasteiger partial charge in [-0.25, -0.2) is 4.79 Å². The molecule has 0 bridgehead atoms. The highest BCUT2D eigenvalue weighted by molar-refractivity contribution is 5.92. The summed E-state index contributed by atoms with van der Waals surface area (Å²) in [5.74, 6) is 6.36. The van der Waals surface area contributed by atoms with Crippen LogP contribution in [0.5, 0.6) is 0 Å². The molecule has 0 radical (unpaired) electrons. The van der Waals surface area contributed by atoms with E-state index in [1.807, 2.05) is 25.2 Å². The van der Waals surface area contributed by atoms with Crippen LogP contribution in [0, 0.1) is 17.8 Å². The van der Waals surface area contributed by atoms with Gasteiger partial charge in [0.1, 0.15) is 0 Å². The zero-order valence-corrected chi connectivity index (χ0v) is 12.3. The molecule has 1 rings (SSSR count). The molecular formula is C17H21NO2. The second-order valence-electron chi connectivity index (χ2n) is 4.52. The molecule has 3 nitrogen and oxygen atoms in total. The highest BCUT2D eigenvalue weighted by Crippen LogP contribution is 2.23. The Morgan fingerprint density at radius 3 is 3.10 bits per heavy atom. The van der Waals surface area contributed by atoms with Crippen LogP contribution in [-0.2, 0) is 9.53 Å². The third kappa shape index (κ3) is 5.27. The fourth-order valence-corrected chi connectivity index (χ4v) is 1.76. The third-order valence-corrected chi connectivity index (χ3v) is 2.96. The van der Waals surface area contributed by atoms with Gasteiger partial charge in [-0.15, -0.1) is 0 Å². The van der Waals surface area contributed by atoms with Gasteiger partial charge in [0.15, 0.2) is 0 Å². The van der Waals surface area contributed by atoms with E-state index in [9.17, 15) is 4.79 Å². The van der Waals surface area contributed by atoms with Gasteiger partial charge in [-0.05, 0) is 31.8 Å². The average molecular weight is 271 g/mol. The Bertz CT molecular complexity index is 513. The summed E-state index contributed by atoms with van der Waals surface area (Å²) in [7, 11) is 1.39. The molecule has 0 fully saturated rings. The number of rotatable bonds is 4. The van der Waals surface area contributed by atoms with E-state index in [1.54, 1.807) is 12.4 Å². The zero-order valence-electron chi connectivity index (χ0n) is 12.3. The van der Waals surface area contributed by atoms with E-state index in [2.05, 4.69) is 23.8 Å². The first-order chi connectivity index (χ1) is 9.69. The number of methoxy groups -OCH3 is 1. The smallest absolute Gasteiger partial charge is 0.337 e. The van der Waals surface area contributed by atoms with Crippen LogP contribution in [0.1, 0.15) is 33.1 Å². The van der Waals surface area contributed by atoms with E-state index in [0.717, 1.165) is 24.8 Å². The topological polar surface area (TPSA) is 38.7 Å². The molecule has 106 valence electrons. The molecule has 0 aromatic carbocycles. The number of nitrogens with zero attached hydrogens (tertiary/aromatic N) is 1. The molecule has 0 saturated heterocycles. The summed E-state index contributed by atoms with van der Waals surface area (Å²) in [5, 5.41) is 0. The van der Waals surface area contributed by atoms with Gasteiger partial charge in [0.05, 0.1) is 12.7 Å². The first-order valence-electron chi connectivity index (χ1n) is 6.80. The van der Waals surface area contributed by atoms with E-state index in [0.29, 0.717) is 11.5 Å². The highest BCUT2D eigenvalue weighted by Gasteiger charge is 2.16. The van der Waals surface area contributed by atoms with Crippen molar-refractivity contribution in [3.05, 3.63) is 35.6 Å². The molecule has 0 aromatic rings. The number of esters is 1. The normalized spacial score (nSPS) is 18.4. The Morgan fingerprint density at radius 1 is 1.60 bits per heavy atom. The van der Waals surface area contributed by atoms with Crippen LogP contribution in [-0.4, -0.2) is 19.3 Å². The molecule has 0 N–H and O–H groups in total. The molecular weight excluding hydrogens is 250 g/mol. The number of hydrogen-bond acceptors (Lipinski definition) is 3. The Kier molecular flexibility index (Phi) is 7.13. The van der Waals surface area contributed by atoms with E-state index in [1.165, 1.54) is 7.11 Å². The van der Waals surface area contributed by atoms with Crippen LogP contribution >= 0.6 is 0 Å². The van der Waals surface area contributed by atoms with Crippen molar-refractivity contribution in [1.29, 1.82) is 0 Å². The summed E-state index contributed by atoms with van der Waals surface area (Å²) in [5.41, 5.74) is 1.61. The lowest BCUT2D eigenvalue weighted by molar-refractivity contribution is -0.135. The van der Waals surface area contributed by atoms with Crippen molar-refractivity contribution in [3.63, 3.8) is 0 Å². The summed E-state index contributed by atoms with van der Waals surface area (Å²) in [6.07, 6.45) is 11.8. The number of hydrogen-bond donors (Lipinski definition) is 0. The molecule has 3 heteroatoms. The summed E-state index contributed by atoms with van der Waals surface area (Å²) in [4.78, 5) is 15.5. The minimum atomic E-state index is -0.295. The van der Waals surface area contributed by atoms with Crippen LogP contribution in [0.15, 0.2) is 40.6 Å². The van der Waals surface area contributed by atoms with Gasteiger partial charge in [0.2, 0.25) is 0 Å². The molecule has 0 aromatic heterocycles. The summed E-state index contributed by atoms with van der Waals surface area (Å²) >= 11 is 0. The molecule has 1 aliphatic rings. The van der Waals surface area contributed by atoms with Crippen molar-refractivity contribution >= 4 is 12.2 Å². The molecule has 0 aliphatic heterocycles. The van der Waals surface area contributed by atoms with Gasteiger partial charge in [-0.1, -0.05) is 30.9 Å². The van der Waals surface area contributed by atoms with Crippen molar-refractivity contribution in [3.8, 4) is 11.8 Å². The Labute approximate surface area is 121 Å². The maximum Gasteiger partial charge on any atom is 0.337 e. The van der Waals surface area contributed by atoms with Gasteiger partial charge in [0, 0.05) is 24.4 Å². The highest BCUT2D eigenvalue weighted by atomic mass is 16.5. The van der Waals surface area contributed by atoms with Gasteiger partial charge in [-0.3, -0.25) is 4.99 Å². The van der Waals surface area contributed by atoms with Crippen LogP contribution in [0.2, 0.25) is 0 Å². The molecule has 0 heterocycles. The summed E-state index contributed by atoms with van der Waals surface area (Å²) < 4.78 is 4.73. The summed E-state index contributed by atoms with van der Waals surface area (Å²) in [6, 6.07) is 0. The molecule has 0 amide bonds. The molecule has 0 spiro atoms. The van der Waals surface area contributed by atoms with E-state index in [-0.39, 0.29) is 5.97 Å². The van der Waals surface area contributed by atoms with Gasteiger partial charge < -0.3 is 4.74 Å². The van der Waals surface area contributed by atoms with Crippen molar-refractivity contribution in [2.24, 2.45) is 10.9 Å². The molecule has 20 heavy (non-hydrogen) atoms. The maximum absolute atomic E-state index is 11.5. The second-order valence-corrected chi connectivity index (χ2v) is 4.52. The number of allylic oxidation sites excluding steroid dienone is 3. The Hall–Kier alpha value is -2.08. The molecule has 1 atom stereocenters. The number of ether oxygens (including phenoxy) is 1. The standard InChI is InChI=1S/C17H21NO2/c1-4-18-12-8-6-5-7-9-15-13-16(17(19)20-3)11-10-14(15)2/h4,8,11-14H,5-6,10H2,1-3H3/b12-8-,18-4-. The second kappa shape index (κ2) is 8.92. The minimum absolute atomic E-state index is 0.295. The number of carbonyl (C=O) groups excluding carboxylic acids is 1. The van der Waals surface area contributed by atoms with Gasteiger partial charge in [0.25, 0.3) is 0 Å². The van der Waals surface area contributed by atoms with Crippen molar-refractivity contribution in [1.82, 2.24) is 0 Å². The van der Waals surface area contributed by atoms with Crippen molar-refractivity contribution in [2.45, 2.75) is 33.1 Å². The third-order valence-electron chi connectivity index (χ3n) is 2.96. The fraction of sp³-hybridized carbons (Fsp3) is 0.412. The predicted molar refractivity (Wildman–Crippen MR) is 82.3 cm³/mol. The lowest BCUT2D eigenvalue weighted by Crippen LogP contribution is -2.10. The van der Waals surface area contributed by atoms with Crippen molar-refractivity contribution in [2.75, 3.05) is 7.11 Å². The molecule has 1 aliphatic carbocycles. The predicted octanol–water partition coefficient (Wildman–Crippen LogP) is 3.44. The Morgan fingerprint density at radius 2 is 2.40 bits per heavy atom. The lowest BCUT2D eigenvalue weighted by Gasteiger charge is -2.15. The van der Waals surface area contributed by atoms with Crippen LogP contribution in [0.4, 0.5) is 0 Å². The van der Waals surface area contributed by atoms with E-state index < -0.39 is 0 Å². The largest absolute Gasteiger partial charge is 0.465 e. The fourth-order valence-electron chi connectivity index (χ4n) is 1.76. The first-order valence-corrected chi connectivity index (χ1v) is 6.80. The molecule has 0 saturated carbocycles. The summed E-state index contributed by atoms with van der Waals surface area (Å²) in [6.45, 7) is 3.99. The minimum Gasteiger partial charge on any atom is -0.465 e. The SMILES string of the molecule is C/C=N\C=C/CCC#CC1=CC(C(=O)OC)=CCC1C. The monoisotopic (exact) mass is 271 g/mol. The van der Waals surface area contributed by atoms with Crippen LogP contribution in [0.25, 0.3) is 0 Å². The van der Waals surface area contributed by atoms with E-state index >= 15 is 0 Å². The van der Waals surface area contributed by atoms with Crippen LogP contribution in [0.3, 0.4) is 0 Å². The average Bonchev–Trinajstić information content (AvgIpc) is 2.47. The molecule has 1 unspecified atom stereocenters. The first kappa shape index (κ1) is 16.0. The zero-order chi connectivity index (χ0) is 14.8. The van der Waals surface area contributed by atoms with Crippen LogP contribution < -0.4 is 0 Å². The number of carbonyl (C=O) groups is 1. The van der Waals surface area contributed by atoms with Gasteiger partial charge in [-0.2, -0.15) is 0 Å². The lowest BCUT2D eigenvalue weighted by atomic mass is 9.90. The maximum atomic E-state index is 11.5. The number of aliphatic imine (C=N–C) groups is 1. The van der Waals surface area contributed by atoms with E-state index in [4.69, 9.17) is 4.74 Å². The number of unbranched alkanes of at least 4 members (excludes halogenated alkanes) is 1. The Balaban J connectivity index is 2.59. The quantitative estimate of drug-likeness (QED) is 0.340. The van der Waals surface area contributed by atoms with Gasteiger partial charge >= 0.3 is 5.97 Å².